The van der Waals surface area contributed by atoms with E-state index in [4.69, 9.17) is 9.47 Å². The van der Waals surface area contributed by atoms with Crippen LogP contribution in [0.2, 0.25) is 0 Å². The van der Waals surface area contributed by atoms with E-state index >= 15 is 0 Å². The highest BCUT2D eigenvalue weighted by molar-refractivity contribution is 7.99. The van der Waals surface area contributed by atoms with E-state index in [9.17, 15) is 9.59 Å². The van der Waals surface area contributed by atoms with Crippen molar-refractivity contribution in [1.29, 1.82) is 0 Å². The summed E-state index contributed by atoms with van der Waals surface area (Å²) in [4.78, 5) is 32.4. The molecule has 1 heterocycles. The number of anilines is 1. The number of carbonyl (C=O) groups excluding carboxylic acids is 2. The SMILES string of the molecule is Cc1ccc(Oc2ccc(NC(=O)COC(=O)CSc3nc(C)cc(C)n3)cc2)cc1. The van der Waals surface area contributed by atoms with Crippen molar-refractivity contribution in [2.75, 3.05) is 17.7 Å². The van der Waals surface area contributed by atoms with Gasteiger partial charge < -0.3 is 14.8 Å². The molecule has 0 aliphatic heterocycles. The summed E-state index contributed by atoms with van der Waals surface area (Å²) in [6.07, 6.45) is 0. The Labute approximate surface area is 185 Å². The normalized spacial score (nSPS) is 10.4. The number of aryl methyl sites for hydroxylation is 3. The molecule has 0 radical (unpaired) electrons. The highest BCUT2D eigenvalue weighted by Gasteiger charge is 2.10. The van der Waals surface area contributed by atoms with Gasteiger partial charge in [0.25, 0.3) is 5.91 Å². The molecule has 0 aliphatic rings. The number of ether oxygens (including phenoxy) is 2. The molecule has 1 amide bonds. The largest absolute Gasteiger partial charge is 0.457 e. The van der Waals surface area contributed by atoms with E-state index in [2.05, 4.69) is 15.3 Å². The lowest BCUT2D eigenvalue weighted by Gasteiger charge is -2.09. The Morgan fingerprint density at radius 1 is 0.903 bits per heavy atom. The summed E-state index contributed by atoms with van der Waals surface area (Å²) in [6.45, 7) is 5.37. The number of hydrogen-bond acceptors (Lipinski definition) is 7. The Hall–Kier alpha value is -3.39. The second-order valence-corrected chi connectivity index (χ2v) is 7.81. The molecule has 0 fully saturated rings. The van der Waals surface area contributed by atoms with Crippen LogP contribution in [0, 0.1) is 20.8 Å². The van der Waals surface area contributed by atoms with Crippen molar-refractivity contribution in [3.05, 3.63) is 71.5 Å². The van der Waals surface area contributed by atoms with Gasteiger partial charge in [-0.1, -0.05) is 29.5 Å². The monoisotopic (exact) mass is 437 g/mol. The fourth-order valence-electron chi connectivity index (χ4n) is 2.62. The molecule has 3 rings (SSSR count). The van der Waals surface area contributed by atoms with Gasteiger partial charge in [0, 0.05) is 17.1 Å². The number of carbonyl (C=O) groups is 2. The number of thioether (sulfide) groups is 1. The quantitative estimate of drug-likeness (QED) is 0.316. The molecule has 7 nitrogen and oxygen atoms in total. The molecule has 0 saturated heterocycles. The van der Waals surface area contributed by atoms with E-state index in [1.165, 1.54) is 11.8 Å². The maximum Gasteiger partial charge on any atom is 0.316 e. The van der Waals surface area contributed by atoms with Gasteiger partial charge in [0.1, 0.15) is 11.5 Å². The second-order valence-electron chi connectivity index (χ2n) is 6.87. The zero-order chi connectivity index (χ0) is 22.2. The third kappa shape index (κ3) is 7.42. The highest BCUT2D eigenvalue weighted by atomic mass is 32.2. The molecule has 1 N–H and O–H groups in total. The molecule has 3 aromatic rings. The van der Waals surface area contributed by atoms with Crippen LogP contribution >= 0.6 is 11.8 Å². The minimum Gasteiger partial charge on any atom is -0.457 e. The molecular formula is C23H23N3O4S. The fraction of sp³-hybridized carbons (Fsp3) is 0.217. The number of hydrogen-bond donors (Lipinski definition) is 1. The van der Waals surface area contributed by atoms with Crippen LogP contribution in [0.5, 0.6) is 11.5 Å². The van der Waals surface area contributed by atoms with Gasteiger partial charge in [-0.3, -0.25) is 9.59 Å². The van der Waals surface area contributed by atoms with Crippen molar-refractivity contribution in [2.24, 2.45) is 0 Å². The van der Waals surface area contributed by atoms with Crippen LogP contribution in [0.15, 0.2) is 59.8 Å². The summed E-state index contributed by atoms with van der Waals surface area (Å²) in [6, 6.07) is 16.5. The molecule has 31 heavy (non-hydrogen) atoms. The third-order valence-electron chi connectivity index (χ3n) is 4.04. The minimum absolute atomic E-state index is 0.0290. The predicted molar refractivity (Wildman–Crippen MR) is 120 cm³/mol. The van der Waals surface area contributed by atoms with Crippen LogP contribution in [0.3, 0.4) is 0 Å². The topological polar surface area (TPSA) is 90.4 Å². The van der Waals surface area contributed by atoms with Gasteiger partial charge in [-0.15, -0.1) is 0 Å². The number of aromatic nitrogens is 2. The van der Waals surface area contributed by atoms with Crippen molar-refractivity contribution in [2.45, 2.75) is 25.9 Å². The Morgan fingerprint density at radius 3 is 2.10 bits per heavy atom. The summed E-state index contributed by atoms with van der Waals surface area (Å²) in [5, 5.41) is 3.19. The number of nitrogens with one attached hydrogen (secondary N) is 1. The second kappa shape index (κ2) is 10.6. The van der Waals surface area contributed by atoms with E-state index in [1.807, 2.05) is 51.1 Å². The Kier molecular flexibility index (Phi) is 7.61. The average Bonchev–Trinajstić information content (AvgIpc) is 2.73. The zero-order valence-corrected chi connectivity index (χ0v) is 18.4. The van der Waals surface area contributed by atoms with Crippen LogP contribution in [-0.2, 0) is 14.3 Å². The molecule has 2 aromatic carbocycles. The van der Waals surface area contributed by atoms with Crippen LogP contribution in [0.25, 0.3) is 0 Å². The number of esters is 1. The molecular weight excluding hydrogens is 414 g/mol. The molecule has 0 saturated carbocycles. The maximum absolute atomic E-state index is 12.0. The average molecular weight is 438 g/mol. The Morgan fingerprint density at radius 2 is 1.48 bits per heavy atom. The van der Waals surface area contributed by atoms with Crippen LogP contribution in [0.1, 0.15) is 17.0 Å². The molecule has 0 unspecified atom stereocenters. The van der Waals surface area contributed by atoms with Gasteiger partial charge in [0.2, 0.25) is 0 Å². The van der Waals surface area contributed by atoms with Crippen molar-refractivity contribution >= 4 is 29.3 Å². The summed E-state index contributed by atoms with van der Waals surface area (Å²) < 4.78 is 10.8. The van der Waals surface area contributed by atoms with E-state index in [-0.39, 0.29) is 12.4 Å². The first-order chi connectivity index (χ1) is 14.9. The predicted octanol–water partition coefficient (Wildman–Crippen LogP) is 4.47. The highest BCUT2D eigenvalue weighted by Crippen LogP contribution is 2.23. The van der Waals surface area contributed by atoms with E-state index in [0.717, 1.165) is 22.7 Å². The fourth-order valence-corrected chi connectivity index (χ4v) is 3.36. The maximum atomic E-state index is 12.0. The first-order valence-electron chi connectivity index (χ1n) is 9.62. The molecule has 1 aromatic heterocycles. The van der Waals surface area contributed by atoms with Crippen LogP contribution < -0.4 is 10.1 Å². The van der Waals surface area contributed by atoms with Gasteiger partial charge in [-0.25, -0.2) is 9.97 Å². The summed E-state index contributed by atoms with van der Waals surface area (Å²) in [5.74, 6) is 0.483. The van der Waals surface area contributed by atoms with Crippen molar-refractivity contribution < 1.29 is 19.1 Å². The van der Waals surface area contributed by atoms with Crippen molar-refractivity contribution in [3.8, 4) is 11.5 Å². The number of nitrogens with zero attached hydrogens (tertiary/aromatic N) is 2. The Bertz CT molecular complexity index is 1030. The summed E-state index contributed by atoms with van der Waals surface area (Å²) in [5.41, 5.74) is 3.40. The molecule has 0 spiro atoms. The van der Waals surface area contributed by atoms with Gasteiger partial charge in [-0.05, 0) is 63.2 Å². The summed E-state index contributed by atoms with van der Waals surface area (Å²) in [7, 11) is 0. The van der Waals surface area contributed by atoms with Crippen LogP contribution in [-0.4, -0.2) is 34.2 Å². The first-order valence-corrected chi connectivity index (χ1v) is 10.6. The van der Waals surface area contributed by atoms with Gasteiger partial charge in [0.15, 0.2) is 11.8 Å². The lowest BCUT2D eigenvalue weighted by Crippen LogP contribution is -2.21. The molecule has 160 valence electrons. The zero-order valence-electron chi connectivity index (χ0n) is 17.5. The number of rotatable bonds is 8. The van der Waals surface area contributed by atoms with E-state index in [0.29, 0.717) is 16.6 Å². The smallest absolute Gasteiger partial charge is 0.316 e. The molecule has 0 atom stereocenters. The Balaban J connectivity index is 1.41. The molecule has 8 heteroatoms. The van der Waals surface area contributed by atoms with Crippen molar-refractivity contribution in [3.63, 3.8) is 0 Å². The minimum atomic E-state index is -0.509. The van der Waals surface area contributed by atoms with Crippen molar-refractivity contribution in [1.82, 2.24) is 9.97 Å². The molecule has 0 bridgehead atoms. The lowest BCUT2D eigenvalue weighted by atomic mass is 10.2. The number of amides is 1. The first kappa shape index (κ1) is 22.3. The molecule has 0 aliphatic carbocycles. The standard InChI is InChI=1S/C23H23N3O4S/c1-15-4-8-19(9-5-15)30-20-10-6-18(7-11-20)26-21(27)13-29-22(28)14-31-23-24-16(2)12-17(3)25-23/h4-12H,13-14H2,1-3H3,(H,26,27). The van der Waals surface area contributed by atoms with Gasteiger partial charge in [-0.2, -0.15) is 0 Å². The van der Waals surface area contributed by atoms with E-state index in [1.54, 1.807) is 24.3 Å². The van der Waals surface area contributed by atoms with Gasteiger partial charge in [0.05, 0.1) is 5.75 Å². The third-order valence-corrected chi connectivity index (χ3v) is 4.86. The van der Waals surface area contributed by atoms with E-state index < -0.39 is 11.9 Å². The van der Waals surface area contributed by atoms with Crippen LogP contribution in [0.4, 0.5) is 5.69 Å². The van der Waals surface area contributed by atoms with Gasteiger partial charge >= 0.3 is 5.97 Å². The summed E-state index contributed by atoms with van der Waals surface area (Å²) >= 11 is 1.17. The number of benzene rings is 2. The lowest BCUT2D eigenvalue weighted by molar-refractivity contribution is -0.144.